The Hall–Kier alpha value is -4.24. The Labute approximate surface area is 200 Å². The first-order valence-corrected chi connectivity index (χ1v) is 10.8. The van der Waals surface area contributed by atoms with Gasteiger partial charge in [0.25, 0.3) is 11.5 Å². The molecule has 0 aliphatic heterocycles. The summed E-state index contributed by atoms with van der Waals surface area (Å²) in [5.41, 5.74) is 6.71. The van der Waals surface area contributed by atoms with Crippen LogP contribution in [0.5, 0.6) is 0 Å². The van der Waals surface area contributed by atoms with Crippen LogP contribution in [0.4, 0.5) is 11.6 Å². The fourth-order valence-electron chi connectivity index (χ4n) is 3.77. The van der Waals surface area contributed by atoms with Crippen molar-refractivity contribution in [3.8, 4) is 5.69 Å². The van der Waals surface area contributed by atoms with Gasteiger partial charge in [-0.25, -0.2) is 9.97 Å². The fourth-order valence-corrected chi connectivity index (χ4v) is 4.04. The van der Waals surface area contributed by atoms with Gasteiger partial charge in [0, 0.05) is 18.4 Å². The lowest BCUT2D eigenvalue weighted by Gasteiger charge is -2.23. The van der Waals surface area contributed by atoms with Crippen molar-refractivity contribution in [2.75, 3.05) is 18.1 Å². The van der Waals surface area contributed by atoms with E-state index in [1.54, 1.807) is 16.7 Å². The van der Waals surface area contributed by atoms with E-state index in [0.29, 0.717) is 27.2 Å². The number of rotatable bonds is 6. The highest BCUT2D eigenvalue weighted by atomic mass is 35.5. The Morgan fingerprint density at radius 2 is 1.88 bits per heavy atom. The topological polar surface area (TPSA) is 139 Å². The summed E-state index contributed by atoms with van der Waals surface area (Å²) in [6, 6.07) is 15.9. The van der Waals surface area contributed by atoms with Crippen LogP contribution in [0.25, 0.3) is 16.5 Å². The van der Waals surface area contributed by atoms with E-state index in [1.165, 1.54) is 13.4 Å². The smallest absolute Gasteiger partial charge is 0.269 e. The number of nitrogens with zero attached hydrogens (tertiary/aromatic N) is 3. The molecule has 4 rings (SSSR count). The minimum absolute atomic E-state index is 0.0101. The van der Waals surface area contributed by atoms with Crippen molar-refractivity contribution in [3.63, 3.8) is 0 Å². The summed E-state index contributed by atoms with van der Waals surface area (Å²) >= 11 is 6.38. The number of anilines is 2. The Morgan fingerprint density at radius 1 is 1.15 bits per heavy atom. The van der Waals surface area contributed by atoms with Gasteiger partial charge in [-0.1, -0.05) is 41.9 Å². The maximum absolute atomic E-state index is 13.6. The van der Waals surface area contributed by atoms with Gasteiger partial charge in [-0.2, -0.15) is 0 Å². The van der Waals surface area contributed by atoms with Crippen LogP contribution < -0.4 is 21.9 Å². The zero-order chi connectivity index (χ0) is 24.4. The first-order chi connectivity index (χ1) is 16.3. The third-order valence-electron chi connectivity index (χ3n) is 5.42. The SMILES string of the molecule is CNC(=O)C(=N)c1c(N)ncnc1N[C@@H](C)c1cc2cccc(Cl)c2c(=O)n1-c1ccccc1. The summed E-state index contributed by atoms with van der Waals surface area (Å²) in [6.45, 7) is 1.84. The number of pyridine rings is 1. The number of nitrogens with two attached hydrogens (primary N) is 1. The van der Waals surface area contributed by atoms with Crippen molar-refractivity contribution in [1.29, 1.82) is 5.41 Å². The Kier molecular flexibility index (Phi) is 6.29. The van der Waals surface area contributed by atoms with E-state index in [4.69, 9.17) is 22.7 Å². The van der Waals surface area contributed by atoms with Crippen molar-refractivity contribution >= 4 is 45.6 Å². The summed E-state index contributed by atoms with van der Waals surface area (Å²) in [7, 11) is 1.42. The second kappa shape index (κ2) is 9.32. The van der Waals surface area contributed by atoms with Gasteiger partial charge in [0.2, 0.25) is 0 Å². The highest BCUT2D eigenvalue weighted by Crippen LogP contribution is 2.28. The van der Waals surface area contributed by atoms with Crippen molar-refractivity contribution in [1.82, 2.24) is 19.9 Å². The molecule has 5 N–H and O–H groups in total. The van der Waals surface area contributed by atoms with Gasteiger partial charge in [-0.05, 0) is 36.6 Å². The van der Waals surface area contributed by atoms with E-state index in [2.05, 4.69) is 20.6 Å². The lowest BCUT2D eigenvalue weighted by atomic mass is 10.1. The number of benzene rings is 2. The Morgan fingerprint density at radius 3 is 2.59 bits per heavy atom. The number of likely N-dealkylation sites (N-methyl/N-ethyl adjacent to an activating group) is 1. The second-order valence-corrected chi connectivity index (χ2v) is 7.96. The van der Waals surface area contributed by atoms with E-state index in [0.717, 1.165) is 0 Å². The molecule has 0 unspecified atom stereocenters. The van der Waals surface area contributed by atoms with Crippen LogP contribution in [0.15, 0.2) is 65.7 Å². The van der Waals surface area contributed by atoms with Gasteiger partial charge in [-0.15, -0.1) is 0 Å². The molecule has 9 nitrogen and oxygen atoms in total. The Balaban J connectivity index is 1.89. The summed E-state index contributed by atoms with van der Waals surface area (Å²) in [6.07, 6.45) is 1.25. The van der Waals surface area contributed by atoms with E-state index in [1.807, 2.05) is 49.4 Å². The molecule has 0 aliphatic rings. The minimum Gasteiger partial charge on any atom is -0.383 e. The van der Waals surface area contributed by atoms with Crippen LogP contribution >= 0.6 is 11.6 Å². The molecule has 34 heavy (non-hydrogen) atoms. The number of carbonyl (C=O) groups is 1. The number of nitrogen functional groups attached to an aromatic ring is 1. The fraction of sp³-hybridized carbons (Fsp3) is 0.125. The molecule has 0 saturated carbocycles. The molecule has 172 valence electrons. The molecule has 2 aromatic heterocycles. The number of para-hydroxylation sites is 1. The zero-order valence-electron chi connectivity index (χ0n) is 18.5. The van der Waals surface area contributed by atoms with Crippen LogP contribution in [0.3, 0.4) is 0 Å². The number of carbonyl (C=O) groups excluding carboxylic acids is 1. The van der Waals surface area contributed by atoms with Crippen LogP contribution in [0.1, 0.15) is 24.2 Å². The quantitative estimate of drug-likeness (QED) is 0.315. The first kappa shape index (κ1) is 22.9. The molecule has 0 fully saturated rings. The molecular formula is C24H22ClN7O2. The number of aromatic nitrogens is 3. The molecule has 2 heterocycles. The van der Waals surface area contributed by atoms with Crippen LogP contribution in [0.2, 0.25) is 5.02 Å². The molecule has 0 radical (unpaired) electrons. The maximum atomic E-state index is 13.6. The number of hydrogen-bond donors (Lipinski definition) is 4. The van der Waals surface area contributed by atoms with Crippen LogP contribution in [-0.4, -0.2) is 33.2 Å². The third-order valence-corrected chi connectivity index (χ3v) is 5.73. The molecule has 4 aromatic rings. The summed E-state index contributed by atoms with van der Waals surface area (Å²) in [5.74, 6) is -0.436. The summed E-state index contributed by atoms with van der Waals surface area (Å²) in [5, 5.41) is 15.3. The minimum atomic E-state index is -0.626. The number of nitrogens with one attached hydrogen (secondary N) is 3. The second-order valence-electron chi connectivity index (χ2n) is 7.55. The van der Waals surface area contributed by atoms with Gasteiger partial charge >= 0.3 is 0 Å². The monoisotopic (exact) mass is 475 g/mol. The molecule has 1 atom stereocenters. The number of hydrogen-bond acceptors (Lipinski definition) is 7. The predicted molar refractivity (Wildman–Crippen MR) is 134 cm³/mol. The van der Waals surface area contributed by atoms with E-state index >= 15 is 0 Å². The molecule has 0 bridgehead atoms. The summed E-state index contributed by atoms with van der Waals surface area (Å²) in [4.78, 5) is 33.8. The van der Waals surface area contributed by atoms with Gasteiger partial charge < -0.3 is 16.4 Å². The van der Waals surface area contributed by atoms with Crippen LogP contribution in [0, 0.1) is 5.41 Å². The largest absolute Gasteiger partial charge is 0.383 e. The highest BCUT2D eigenvalue weighted by Gasteiger charge is 2.23. The van der Waals surface area contributed by atoms with Gasteiger partial charge in [0.15, 0.2) is 0 Å². The average Bonchev–Trinajstić information content (AvgIpc) is 2.83. The van der Waals surface area contributed by atoms with Crippen molar-refractivity contribution in [2.24, 2.45) is 0 Å². The Bertz CT molecular complexity index is 1470. The molecular weight excluding hydrogens is 454 g/mol. The number of halogens is 1. The van der Waals surface area contributed by atoms with Crippen molar-refractivity contribution in [2.45, 2.75) is 13.0 Å². The lowest BCUT2D eigenvalue weighted by molar-refractivity contribution is -0.114. The van der Waals surface area contributed by atoms with Gasteiger partial charge in [0.05, 0.1) is 22.0 Å². The lowest BCUT2D eigenvalue weighted by Crippen LogP contribution is -2.30. The van der Waals surface area contributed by atoms with Gasteiger partial charge in [-0.3, -0.25) is 19.6 Å². The standard InChI is InChI=1S/C24H22ClN7O2/c1-13(31-22-19(20(26)23(33)28-2)21(27)29-12-30-22)17-11-14-7-6-10-16(25)18(14)24(34)32(17)15-8-4-3-5-9-15/h3-13,26H,1-2H3,(H,28,33)(H3,27,29,30,31)/t13-/m0/s1. The molecule has 0 aliphatic carbocycles. The molecule has 2 aromatic carbocycles. The molecule has 0 spiro atoms. The van der Waals surface area contributed by atoms with E-state index < -0.39 is 11.9 Å². The van der Waals surface area contributed by atoms with E-state index in [-0.39, 0.29) is 28.5 Å². The predicted octanol–water partition coefficient (Wildman–Crippen LogP) is 3.30. The average molecular weight is 476 g/mol. The molecule has 0 saturated heterocycles. The van der Waals surface area contributed by atoms with Crippen molar-refractivity contribution in [3.05, 3.63) is 87.6 Å². The van der Waals surface area contributed by atoms with Crippen LogP contribution in [-0.2, 0) is 4.79 Å². The number of amides is 1. The number of fused-ring (bicyclic) bond motifs is 1. The highest BCUT2D eigenvalue weighted by molar-refractivity contribution is 6.46. The third kappa shape index (κ3) is 4.08. The molecule has 10 heteroatoms. The van der Waals surface area contributed by atoms with E-state index in [9.17, 15) is 9.59 Å². The van der Waals surface area contributed by atoms with Crippen molar-refractivity contribution < 1.29 is 4.79 Å². The zero-order valence-corrected chi connectivity index (χ0v) is 19.2. The first-order valence-electron chi connectivity index (χ1n) is 10.4. The summed E-state index contributed by atoms with van der Waals surface area (Å²) < 4.78 is 1.58. The normalized spacial score (nSPS) is 11.7. The maximum Gasteiger partial charge on any atom is 0.269 e. The van der Waals surface area contributed by atoms with Gasteiger partial charge in [0.1, 0.15) is 23.7 Å². The molecule has 1 amide bonds.